The molecule has 0 saturated carbocycles. The lowest BCUT2D eigenvalue weighted by atomic mass is 10.1. The smallest absolute Gasteiger partial charge is 0.123 e. The Morgan fingerprint density at radius 2 is 1.26 bits per heavy atom. The summed E-state index contributed by atoms with van der Waals surface area (Å²) in [5, 5.41) is 15.7. The lowest BCUT2D eigenvalue weighted by Gasteiger charge is -2.01. The summed E-state index contributed by atoms with van der Waals surface area (Å²) < 4.78 is 0. The molecule has 0 aliphatic carbocycles. The van der Waals surface area contributed by atoms with Crippen molar-refractivity contribution in [1.82, 2.24) is 4.98 Å². The Hall–Kier alpha value is -2.99. The van der Waals surface area contributed by atoms with Gasteiger partial charge in [0.1, 0.15) is 16.7 Å². The third-order valence-electron chi connectivity index (χ3n) is 3.43. The summed E-state index contributed by atoms with van der Waals surface area (Å²) in [4.78, 5) is 5.51. The number of thiazole rings is 1. The number of hydrogen-bond acceptors (Lipinski definition) is 4. The standard InChI is InChI=1S/C17H15N5S/c18-15(19)11-3-1-10(2-4-11)14-9-22-17(23-14)13-7-5-12(6-8-13)16(20)21/h1-9H,(H3,18,19)(H3,20,21). The molecular weight excluding hydrogens is 306 g/mol. The predicted molar refractivity (Wildman–Crippen MR) is 95.0 cm³/mol. The summed E-state index contributed by atoms with van der Waals surface area (Å²) in [7, 11) is 0. The first-order valence-electron chi connectivity index (χ1n) is 6.90. The summed E-state index contributed by atoms with van der Waals surface area (Å²) in [6, 6.07) is 15.0. The van der Waals surface area contributed by atoms with Crippen LogP contribution in [0.2, 0.25) is 0 Å². The first-order valence-corrected chi connectivity index (χ1v) is 7.72. The average Bonchev–Trinajstić information content (AvgIpc) is 3.05. The molecule has 5 nitrogen and oxygen atoms in total. The molecular formula is C17H15N5S. The monoisotopic (exact) mass is 321 g/mol. The van der Waals surface area contributed by atoms with Crippen molar-refractivity contribution in [2.75, 3.05) is 0 Å². The molecule has 6 N–H and O–H groups in total. The highest BCUT2D eigenvalue weighted by Gasteiger charge is 2.08. The normalized spacial score (nSPS) is 10.4. The summed E-state index contributed by atoms with van der Waals surface area (Å²) >= 11 is 1.59. The van der Waals surface area contributed by atoms with Crippen molar-refractivity contribution in [3.63, 3.8) is 0 Å². The van der Waals surface area contributed by atoms with Gasteiger partial charge >= 0.3 is 0 Å². The Morgan fingerprint density at radius 3 is 1.74 bits per heavy atom. The first-order chi connectivity index (χ1) is 11.0. The number of hydrogen-bond donors (Lipinski definition) is 4. The van der Waals surface area contributed by atoms with Crippen LogP contribution >= 0.6 is 11.3 Å². The van der Waals surface area contributed by atoms with Crippen molar-refractivity contribution in [2.24, 2.45) is 11.5 Å². The van der Waals surface area contributed by atoms with Crippen LogP contribution in [-0.2, 0) is 0 Å². The number of nitrogens with zero attached hydrogens (tertiary/aromatic N) is 1. The van der Waals surface area contributed by atoms with Gasteiger partial charge in [-0.1, -0.05) is 48.5 Å². The highest BCUT2D eigenvalue weighted by atomic mass is 32.1. The van der Waals surface area contributed by atoms with E-state index in [1.807, 2.05) is 54.7 Å². The fourth-order valence-electron chi connectivity index (χ4n) is 2.15. The van der Waals surface area contributed by atoms with Crippen molar-refractivity contribution in [2.45, 2.75) is 0 Å². The van der Waals surface area contributed by atoms with E-state index < -0.39 is 0 Å². The minimum Gasteiger partial charge on any atom is -0.384 e. The fraction of sp³-hybridized carbons (Fsp3) is 0. The number of nitrogens with one attached hydrogen (secondary N) is 2. The van der Waals surface area contributed by atoms with Crippen molar-refractivity contribution < 1.29 is 0 Å². The molecule has 0 bridgehead atoms. The van der Waals surface area contributed by atoms with Crippen LogP contribution in [0.4, 0.5) is 0 Å². The first kappa shape index (κ1) is 14.9. The van der Waals surface area contributed by atoms with Crippen LogP contribution in [0.1, 0.15) is 11.1 Å². The summed E-state index contributed by atoms with van der Waals surface area (Å²) in [5.74, 6) is 0.119. The van der Waals surface area contributed by atoms with Crippen molar-refractivity contribution in [3.05, 3.63) is 65.9 Å². The van der Waals surface area contributed by atoms with Gasteiger partial charge in [-0.3, -0.25) is 10.8 Å². The summed E-state index contributed by atoms with van der Waals surface area (Å²) in [6.45, 7) is 0. The second kappa shape index (κ2) is 6.02. The van der Waals surface area contributed by atoms with Crippen LogP contribution in [0.5, 0.6) is 0 Å². The quantitative estimate of drug-likeness (QED) is 0.437. The molecule has 1 heterocycles. The van der Waals surface area contributed by atoms with Crippen LogP contribution in [-0.4, -0.2) is 16.7 Å². The molecule has 0 aliphatic heterocycles. The maximum atomic E-state index is 7.42. The van der Waals surface area contributed by atoms with E-state index in [1.165, 1.54) is 0 Å². The third-order valence-corrected chi connectivity index (χ3v) is 4.52. The van der Waals surface area contributed by atoms with E-state index in [4.69, 9.17) is 22.3 Å². The molecule has 114 valence electrons. The maximum absolute atomic E-state index is 7.42. The highest BCUT2D eigenvalue weighted by Crippen LogP contribution is 2.32. The number of nitrogens with two attached hydrogens (primary N) is 2. The molecule has 0 unspecified atom stereocenters. The zero-order valence-corrected chi connectivity index (χ0v) is 13.0. The lowest BCUT2D eigenvalue weighted by Crippen LogP contribution is -2.10. The van der Waals surface area contributed by atoms with Crippen molar-refractivity contribution in [3.8, 4) is 21.0 Å². The van der Waals surface area contributed by atoms with E-state index in [0.29, 0.717) is 11.1 Å². The largest absolute Gasteiger partial charge is 0.384 e. The predicted octanol–water partition coefficient (Wildman–Crippen LogP) is 3.05. The minimum absolute atomic E-state index is 0.0574. The zero-order chi connectivity index (χ0) is 16.4. The number of nitrogen functional groups attached to an aromatic ring is 2. The molecule has 23 heavy (non-hydrogen) atoms. The van der Waals surface area contributed by atoms with Crippen molar-refractivity contribution >= 4 is 23.0 Å². The van der Waals surface area contributed by atoms with Crippen LogP contribution in [0.15, 0.2) is 54.7 Å². The van der Waals surface area contributed by atoms with Gasteiger partial charge in [-0.25, -0.2) is 4.98 Å². The van der Waals surface area contributed by atoms with Gasteiger partial charge in [-0.05, 0) is 5.56 Å². The van der Waals surface area contributed by atoms with Gasteiger partial charge in [0.25, 0.3) is 0 Å². The van der Waals surface area contributed by atoms with Gasteiger partial charge in [0.15, 0.2) is 0 Å². The highest BCUT2D eigenvalue weighted by molar-refractivity contribution is 7.18. The maximum Gasteiger partial charge on any atom is 0.123 e. The number of aromatic nitrogens is 1. The topological polar surface area (TPSA) is 113 Å². The van der Waals surface area contributed by atoms with Crippen LogP contribution in [0.3, 0.4) is 0 Å². The molecule has 0 spiro atoms. The number of rotatable bonds is 4. The number of amidine groups is 2. The van der Waals surface area contributed by atoms with E-state index in [2.05, 4.69) is 4.98 Å². The van der Waals surface area contributed by atoms with Gasteiger partial charge < -0.3 is 11.5 Å². The van der Waals surface area contributed by atoms with Crippen molar-refractivity contribution in [1.29, 1.82) is 10.8 Å². The second-order valence-corrected chi connectivity index (χ2v) is 6.04. The average molecular weight is 321 g/mol. The molecule has 1 aromatic heterocycles. The van der Waals surface area contributed by atoms with Gasteiger partial charge in [0, 0.05) is 22.9 Å². The van der Waals surface area contributed by atoms with Crippen LogP contribution < -0.4 is 11.5 Å². The summed E-state index contributed by atoms with van der Waals surface area (Å²) in [5.41, 5.74) is 14.4. The Labute approximate surface area is 137 Å². The van der Waals surface area contributed by atoms with Crippen LogP contribution in [0, 0.1) is 10.8 Å². The van der Waals surface area contributed by atoms with E-state index >= 15 is 0 Å². The Kier molecular flexibility index (Phi) is 3.91. The molecule has 0 atom stereocenters. The van der Waals surface area contributed by atoms with Crippen LogP contribution in [0.25, 0.3) is 21.0 Å². The van der Waals surface area contributed by atoms with E-state index in [-0.39, 0.29) is 11.7 Å². The molecule has 2 aromatic carbocycles. The number of benzene rings is 2. The molecule has 3 rings (SSSR count). The SMILES string of the molecule is N=C(N)c1ccc(-c2cnc(-c3ccc(C(=N)N)cc3)s2)cc1. The van der Waals surface area contributed by atoms with E-state index in [9.17, 15) is 0 Å². The van der Waals surface area contributed by atoms with E-state index in [0.717, 1.165) is 21.0 Å². The molecule has 0 radical (unpaired) electrons. The molecule has 0 saturated heterocycles. The van der Waals surface area contributed by atoms with Gasteiger partial charge in [0.2, 0.25) is 0 Å². The summed E-state index contributed by atoms with van der Waals surface area (Å²) in [6.07, 6.45) is 1.83. The molecule has 0 amide bonds. The molecule has 0 fully saturated rings. The third kappa shape index (κ3) is 3.12. The lowest BCUT2D eigenvalue weighted by molar-refractivity contribution is 1.40. The van der Waals surface area contributed by atoms with Gasteiger partial charge in [-0.2, -0.15) is 0 Å². The zero-order valence-electron chi connectivity index (χ0n) is 12.2. The molecule has 0 aliphatic rings. The minimum atomic E-state index is 0.0574. The second-order valence-electron chi connectivity index (χ2n) is 5.01. The van der Waals surface area contributed by atoms with E-state index in [1.54, 1.807) is 11.3 Å². The Morgan fingerprint density at radius 1 is 0.783 bits per heavy atom. The fourth-order valence-corrected chi connectivity index (χ4v) is 3.07. The molecule has 3 aromatic rings. The van der Waals surface area contributed by atoms with Gasteiger partial charge in [0.05, 0.1) is 4.88 Å². The Balaban J connectivity index is 1.87. The van der Waals surface area contributed by atoms with Gasteiger partial charge in [-0.15, -0.1) is 11.3 Å². The Bertz CT molecular complexity index is 791. The molecule has 6 heteroatoms.